The molecule has 0 spiro atoms. The highest BCUT2D eigenvalue weighted by atomic mass is 32.1. The van der Waals surface area contributed by atoms with Crippen LogP contribution >= 0.6 is 12.2 Å². The van der Waals surface area contributed by atoms with Gasteiger partial charge in [0.2, 0.25) is 5.11 Å². The Morgan fingerprint density at radius 1 is 1.78 bits per heavy atom. The normalized spacial score (nSPS) is 35.0. The summed E-state index contributed by atoms with van der Waals surface area (Å²) >= 11 is 4.99. The van der Waals surface area contributed by atoms with Crippen molar-refractivity contribution in [1.29, 1.82) is 0 Å². The molecule has 0 aliphatic carbocycles. The van der Waals surface area contributed by atoms with E-state index in [4.69, 9.17) is 12.2 Å². The Morgan fingerprint density at radius 3 is 2.44 bits per heavy atom. The van der Waals surface area contributed by atoms with Gasteiger partial charge in [-0.1, -0.05) is 0 Å². The average molecular weight is 146 g/mol. The van der Waals surface area contributed by atoms with E-state index in [2.05, 4.69) is 19.4 Å². The summed E-state index contributed by atoms with van der Waals surface area (Å²) in [6.45, 7) is 2.13. The first kappa shape index (κ1) is 6.77. The molecule has 52 valence electrons. The molecule has 2 unspecified atom stereocenters. The van der Waals surface area contributed by atoms with Gasteiger partial charge in [-0.05, 0) is 12.2 Å². The topological polar surface area (TPSA) is 19.7 Å². The Hall–Kier alpha value is -0.350. The molecule has 1 fully saturated rings. The number of quaternary nitrogens is 1. The summed E-state index contributed by atoms with van der Waals surface area (Å²) in [6, 6.07) is 0. The maximum Gasteiger partial charge on any atom is 0.220 e. The van der Waals surface area contributed by atoms with Crippen molar-refractivity contribution >= 4 is 17.3 Å². The smallest absolute Gasteiger partial charge is 0.220 e. The Kier molecular flexibility index (Phi) is 1.59. The van der Waals surface area contributed by atoms with Gasteiger partial charge in [0, 0.05) is 14.0 Å². The summed E-state index contributed by atoms with van der Waals surface area (Å²) < 4.78 is 0. The Morgan fingerprint density at radius 2 is 2.33 bits per heavy atom. The summed E-state index contributed by atoms with van der Waals surface area (Å²) in [5.41, 5.74) is 3.09. The molecular weight excluding hydrogens is 134 g/mol. The zero-order chi connectivity index (χ0) is 7.02. The number of hydrogen-bond donors (Lipinski definition) is 2. The largest absolute Gasteiger partial charge is 0.297 e. The third-order valence-corrected chi connectivity index (χ3v) is 2.22. The molecule has 0 saturated carbocycles. The minimum atomic E-state index is 0.456. The van der Waals surface area contributed by atoms with E-state index in [1.165, 1.54) is 5.01 Å². The molecule has 0 amide bonds. The molecule has 1 aliphatic rings. The highest BCUT2D eigenvalue weighted by Gasteiger charge is 2.29. The van der Waals surface area contributed by atoms with Crippen LogP contribution in [-0.4, -0.2) is 30.3 Å². The van der Waals surface area contributed by atoms with Crippen LogP contribution in [0.1, 0.15) is 6.92 Å². The van der Waals surface area contributed by atoms with Crippen LogP contribution < -0.4 is 10.4 Å². The molecule has 1 aliphatic heterocycles. The molecule has 9 heavy (non-hydrogen) atoms. The van der Waals surface area contributed by atoms with Gasteiger partial charge < -0.3 is 0 Å². The van der Waals surface area contributed by atoms with Crippen LogP contribution in [0.2, 0.25) is 0 Å². The van der Waals surface area contributed by atoms with Crippen molar-refractivity contribution in [3.05, 3.63) is 0 Å². The van der Waals surface area contributed by atoms with Crippen molar-refractivity contribution in [2.24, 2.45) is 0 Å². The lowest BCUT2D eigenvalue weighted by atomic mass is 10.5. The predicted octanol–water partition coefficient (Wildman–Crippen LogP) is -1.42. The second kappa shape index (κ2) is 2.11. The fraction of sp³-hybridized carbons (Fsp3) is 0.800. The van der Waals surface area contributed by atoms with Crippen LogP contribution in [0.25, 0.3) is 0 Å². The lowest BCUT2D eigenvalue weighted by Crippen LogP contribution is -3.16. The fourth-order valence-corrected chi connectivity index (χ4v) is 1.15. The van der Waals surface area contributed by atoms with Gasteiger partial charge in [-0.15, -0.1) is 0 Å². The summed E-state index contributed by atoms with van der Waals surface area (Å²) in [7, 11) is 4.05. The molecule has 1 rings (SSSR count). The van der Waals surface area contributed by atoms with E-state index in [1.807, 2.05) is 11.9 Å². The highest BCUT2D eigenvalue weighted by molar-refractivity contribution is 7.80. The van der Waals surface area contributed by atoms with Gasteiger partial charge in [0.1, 0.15) is 0 Å². The third-order valence-electron chi connectivity index (χ3n) is 1.83. The first-order chi connectivity index (χ1) is 4.13. The van der Waals surface area contributed by atoms with Crippen molar-refractivity contribution < 1.29 is 5.01 Å². The average Bonchev–Trinajstić information content (AvgIpc) is 1.98. The second-order valence-electron chi connectivity index (χ2n) is 2.40. The van der Waals surface area contributed by atoms with E-state index in [9.17, 15) is 0 Å². The Balaban J connectivity index is 2.65. The van der Waals surface area contributed by atoms with Crippen molar-refractivity contribution in [3.63, 3.8) is 0 Å². The van der Waals surface area contributed by atoms with Crippen molar-refractivity contribution in [2.75, 3.05) is 14.1 Å². The maximum absolute atomic E-state index is 4.99. The van der Waals surface area contributed by atoms with Gasteiger partial charge in [0.15, 0.2) is 6.17 Å². The molecule has 4 heteroatoms. The number of nitrogens with one attached hydrogen (secondary N) is 2. The summed E-state index contributed by atoms with van der Waals surface area (Å²) in [6.07, 6.45) is 0.456. The van der Waals surface area contributed by atoms with E-state index in [-0.39, 0.29) is 0 Å². The SMILES string of the molecule is CC1N(C)C(=S)N[NH+]1C. The van der Waals surface area contributed by atoms with E-state index in [1.54, 1.807) is 0 Å². The molecule has 1 heterocycles. The molecule has 0 aromatic rings. The standard InChI is InChI=1S/C5H11N3S/c1-4-7(2)5(9)6-8(4)3/h4H,1-3H3,(H,6,9)/p+1. The molecule has 0 aromatic carbocycles. The molecule has 1 saturated heterocycles. The zero-order valence-corrected chi connectivity index (χ0v) is 6.75. The van der Waals surface area contributed by atoms with Crippen molar-refractivity contribution in [2.45, 2.75) is 13.1 Å². The third kappa shape index (κ3) is 0.997. The molecule has 3 nitrogen and oxygen atoms in total. The van der Waals surface area contributed by atoms with Crippen LogP contribution in [-0.2, 0) is 0 Å². The van der Waals surface area contributed by atoms with E-state index >= 15 is 0 Å². The van der Waals surface area contributed by atoms with Gasteiger partial charge in [0.25, 0.3) is 0 Å². The number of nitrogens with zero attached hydrogens (tertiary/aromatic N) is 1. The molecule has 0 radical (unpaired) electrons. The second-order valence-corrected chi connectivity index (χ2v) is 2.79. The molecule has 0 aromatic heterocycles. The predicted molar refractivity (Wildman–Crippen MR) is 39.8 cm³/mol. The first-order valence-electron chi connectivity index (χ1n) is 3.00. The summed E-state index contributed by atoms with van der Waals surface area (Å²) in [5, 5.41) is 2.07. The van der Waals surface area contributed by atoms with Crippen molar-refractivity contribution in [1.82, 2.24) is 10.3 Å². The van der Waals surface area contributed by atoms with E-state index in [0.717, 1.165) is 5.11 Å². The van der Waals surface area contributed by atoms with Gasteiger partial charge >= 0.3 is 0 Å². The number of rotatable bonds is 0. The lowest BCUT2D eigenvalue weighted by Gasteiger charge is -2.13. The van der Waals surface area contributed by atoms with Crippen LogP contribution in [0.4, 0.5) is 0 Å². The summed E-state index contributed by atoms with van der Waals surface area (Å²) in [5.74, 6) is 0. The minimum Gasteiger partial charge on any atom is -0.297 e. The first-order valence-corrected chi connectivity index (χ1v) is 3.41. The molecular formula is C5H12N3S+. The lowest BCUT2D eigenvalue weighted by molar-refractivity contribution is -0.935. The van der Waals surface area contributed by atoms with Gasteiger partial charge in [0.05, 0.1) is 7.05 Å². The van der Waals surface area contributed by atoms with Crippen LogP contribution in [0.5, 0.6) is 0 Å². The minimum absolute atomic E-state index is 0.456. The van der Waals surface area contributed by atoms with Crippen LogP contribution in [0.3, 0.4) is 0 Å². The molecule has 2 N–H and O–H groups in total. The van der Waals surface area contributed by atoms with Crippen LogP contribution in [0, 0.1) is 0 Å². The van der Waals surface area contributed by atoms with Gasteiger partial charge in [-0.25, -0.2) is 10.4 Å². The quantitative estimate of drug-likeness (QED) is 0.409. The van der Waals surface area contributed by atoms with Crippen molar-refractivity contribution in [3.8, 4) is 0 Å². The van der Waals surface area contributed by atoms with E-state index in [0.29, 0.717) is 6.17 Å². The van der Waals surface area contributed by atoms with Crippen LogP contribution in [0.15, 0.2) is 0 Å². The number of hydrogen-bond acceptors (Lipinski definition) is 1. The Labute approximate surface area is 60.6 Å². The van der Waals surface area contributed by atoms with Gasteiger partial charge in [-0.2, -0.15) is 0 Å². The fourth-order valence-electron chi connectivity index (χ4n) is 0.828. The zero-order valence-electron chi connectivity index (χ0n) is 5.93. The monoisotopic (exact) mass is 146 g/mol. The molecule has 0 bridgehead atoms. The van der Waals surface area contributed by atoms with Gasteiger partial charge in [-0.3, -0.25) is 4.90 Å². The number of thiocarbonyl (C=S) groups is 1. The van der Waals surface area contributed by atoms with E-state index < -0.39 is 0 Å². The maximum atomic E-state index is 4.99. The Bertz CT molecular complexity index is 136. The molecule has 2 atom stereocenters. The summed E-state index contributed by atoms with van der Waals surface area (Å²) in [4.78, 5) is 2.05. The highest BCUT2D eigenvalue weighted by Crippen LogP contribution is 1.91.